The minimum absolute atomic E-state index is 0.0619. The molecule has 1 aliphatic rings. The summed E-state index contributed by atoms with van der Waals surface area (Å²) in [6.07, 6.45) is 5.11. The molecule has 1 fully saturated rings. The van der Waals surface area contributed by atoms with Crippen LogP contribution >= 0.6 is 0 Å². The van der Waals surface area contributed by atoms with Gasteiger partial charge < -0.3 is 4.74 Å². The van der Waals surface area contributed by atoms with Crippen LogP contribution in [0.3, 0.4) is 0 Å². The van der Waals surface area contributed by atoms with Crippen molar-refractivity contribution < 1.29 is 17.9 Å². The molecule has 2 aromatic rings. The molecular weight excluding hydrogens is 349 g/mol. The first-order valence-corrected chi connectivity index (χ1v) is 9.88. The average Bonchev–Trinajstić information content (AvgIpc) is 2.69. The van der Waals surface area contributed by atoms with Crippen molar-refractivity contribution in [3.63, 3.8) is 0 Å². The van der Waals surface area contributed by atoms with Crippen molar-refractivity contribution >= 4 is 0 Å². The van der Waals surface area contributed by atoms with Gasteiger partial charge in [-0.2, -0.15) is 8.78 Å². The lowest BCUT2D eigenvalue weighted by Gasteiger charge is -2.27. The van der Waals surface area contributed by atoms with Crippen LogP contribution in [0.4, 0.5) is 13.2 Å². The molecule has 0 saturated heterocycles. The molecule has 0 aliphatic heterocycles. The Kier molecular flexibility index (Phi) is 6.46. The topological polar surface area (TPSA) is 9.23 Å². The monoisotopic (exact) mass is 376 g/mol. The fourth-order valence-corrected chi connectivity index (χ4v) is 3.87. The third-order valence-electron chi connectivity index (χ3n) is 5.73. The highest BCUT2D eigenvalue weighted by Crippen LogP contribution is 2.34. The van der Waals surface area contributed by atoms with E-state index in [0.717, 1.165) is 42.4 Å². The largest absolute Gasteiger partial charge is 0.429 e. The van der Waals surface area contributed by atoms with Crippen molar-refractivity contribution in [1.29, 1.82) is 0 Å². The van der Waals surface area contributed by atoms with Gasteiger partial charge in [-0.25, -0.2) is 4.39 Å². The van der Waals surface area contributed by atoms with Crippen LogP contribution in [0.5, 0.6) is 5.75 Å². The standard InChI is InChI=1S/C23H27F3O/c1-2-17-3-5-18(6-4-17)7-8-19-9-11-20(12-10-19)23(25,26)27-22-15-13-21(24)14-16-22/h9-18H,2-8H2,1H3/t17-,18-. The molecule has 4 heteroatoms. The van der Waals surface area contributed by atoms with E-state index in [1.807, 2.05) is 0 Å². The quantitative estimate of drug-likeness (QED) is 0.500. The maximum Gasteiger partial charge on any atom is 0.426 e. The molecule has 0 amide bonds. The van der Waals surface area contributed by atoms with E-state index in [0.29, 0.717) is 0 Å². The van der Waals surface area contributed by atoms with Gasteiger partial charge in [0, 0.05) is 0 Å². The third-order valence-corrected chi connectivity index (χ3v) is 5.73. The van der Waals surface area contributed by atoms with E-state index < -0.39 is 11.9 Å². The Hall–Kier alpha value is -1.97. The minimum atomic E-state index is -3.45. The van der Waals surface area contributed by atoms with Crippen LogP contribution in [-0.4, -0.2) is 0 Å². The zero-order valence-corrected chi connectivity index (χ0v) is 15.8. The molecule has 1 aliphatic carbocycles. The van der Waals surface area contributed by atoms with Gasteiger partial charge >= 0.3 is 6.11 Å². The van der Waals surface area contributed by atoms with E-state index in [4.69, 9.17) is 4.74 Å². The molecule has 0 N–H and O–H groups in total. The van der Waals surface area contributed by atoms with Gasteiger partial charge in [-0.3, -0.25) is 0 Å². The Balaban J connectivity index is 1.53. The van der Waals surface area contributed by atoms with Gasteiger partial charge in [-0.05, 0) is 66.6 Å². The first kappa shape index (κ1) is 19.8. The van der Waals surface area contributed by atoms with Crippen molar-refractivity contribution in [1.82, 2.24) is 0 Å². The summed E-state index contributed by atoms with van der Waals surface area (Å²) < 4.78 is 46.3. The second-order valence-corrected chi connectivity index (χ2v) is 7.60. The zero-order chi connectivity index (χ0) is 19.3. The molecule has 0 bridgehead atoms. The molecule has 0 atom stereocenters. The number of rotatable bonds is 7. The first-order chi connectivity index (χ1) is 13.0. The molecule has 146 valence electrons. The molecule has 0 unspecified atom stereocenters. The van der Waals surface area contributed by atoms with Crippen LogP contribution in [0.2, 0.25) is 0 Å². The Morgan fingerprint density at radius 2 is 1.48 bits per heavy atom. The summed E-state index contributed by atoms with van der Waals surface area (Å²) >= 11 is 0. The highest BCUT2D eigenvalue weighted by atomic mass is 19.3. The molecule has 1 saturated carbocycles. The normalized spacial score (nSPS) is 20.4. The van der Waals surface area contributed by atoms with E-state index in [2.05, 4.69) is 6.92 Å². The number of hydrogen-bond donors (Lipinski definition) is 0. The van der Waals surface area contributed by atoms with E-state index in [9.17, 15) is 13.2 Å². The third kappa shape index (κ3) is 5.50. The Labute approximate surface area is 159 Å². The lowest BCUT2D eigenvalue weighted by Crippen LogP contribution is -2.21. The Morgan fingerprint density at radius 3 is 2.07 bits per heavy atom. The summed E-state index contributed by atoms with van der Waals surface area (Å²) in [5.74, 6) is 1.10. The van der Waals surface area contributed by atoms with Crippen molar-refractivity contribution in [3.8, 4) is 5.75 Å². The Bertz CT molecular complexity index is 701. The SMILES string of the molecule is CC[C@H]1CC[C@H](CCc2ccc(C(F)(F)Oc3ccc(F)cc3)cc2)CC1. The lowest BCUT2D eigenvalue weighted by atomic mass is 9.78. The number of aryl methyl sites for hydroxylation is 1. The summed E-state index contributed by atoms with van der Waals surface area (Å²) in [7, 11) is 0. The van der Waals surface area contributed by atoms with Crippen molar-refractivity contribution in [2.45, 2.75) is 58.0 Å². The van der Waals surface area contributed by atoms with Crippen molar-refractivity contribution in [3.05, 3.63) is 65.5 Å². The summed E-state index contributed by atoms with van der Waals surface area (Å²) in [6, 6.07) is 11.0. The number of halogens is 3. The van der Waals surface area contributed by atoms with Crippen LogP contribution in [0.15, 0.2) is 48.5 Å². The fraction of sp³-hybridized carbons (Fsp3) is 0.478. The summed E-state index contributed by atoms with van der Waals surface area (Å²) in [5, 5.41) is 0. The highest BCUT2D eigenvalue weighted by molar-refractivity contribution is 5.28. The summed E-state index contributed by atoms with van der Waals surface area (Å²) in [5.41, 5.74) is 0.882. The van der Waals surface area contributed by atoms with Crippen molar-refractivity contribution in [2.24, 2.45) is 11.8 Å². The molecule has 3 rings (SSSR count). The lowest BCUT2D eigenvalue weighted by molar-refractivity contribution is -0.185. The molecule has 1 nitrogen and oxygen atoms in total. The van der Waals surface area contributed by atoms with Crippen molar-refractivity contribution in [2.75, 3.05) is 0 Å². The van der Waals surface area contributed by atoms with Gasteiger partial charge in [-0.1, -0.05) is 51.2 Å². The predicted molar refractivity (Wildman–Crippen MR) is 101 cm³/mol. The predicted octanol–water partition coefficient (Wildman–Crippen LogP) is 7.10. The molecule has 0 aromatic heterocycles. The van der Waals surface area contributed by atoms with Gasteiger partial charge in [0.1, 0.15) is 11.6 Å². The zero-order valence-electron chi connectivity index (χ0n) is 15.8. The molecule has 2 aromatic carbocycles. The molecule has 27 heavy (non-hydrogen) atoms. The van der Waals surface area contributed by atoms with Crippen LogP contribution in [0, 0.1) is 17.7 Å². The maximum absolute atomic E-state index is 14.3. The van der Waals surface area contributed by atoms with E-state index in [1.54, 1.807) is 12.1 Å². The van der Waals surface area contributed by atoms with Crippen LogP contribution in [0.25, 0.3) is 0 Å². The summed E-state index contributed by atoms with van der Waals surface area (Å²) in [4.78, 5) is 0. The van der Waals surface area contributed by atoms with Gasteiger partial charge in [0.15, 0.2) is 0 Å². The summed E-state index contributed by atoms with van der Waals surface area (Å²) in [6.45, 7) is 2.27. The second kappa shape index (κ2) is 8.81. The fourth-order valence-electron chi connectivity index (χ4n) is 3.87. The van der Waals surface area contributed by atoms with E-state index in [1.165, 1.54) is 56.4 Å². The highest BCUT2D eigenvalue weighted by Gasteiger charge is 2.34. The molecule has 0 spiro atoms. The number of benzene rings is 2. The van der Waals surface area contributed by atoms with Crippen LogP contribution < -0.4 is 4.74 Å². The van der Waals surface area contributed by atoms with Gasteiger partial charge in [0.05, 0.1) is 5.56 Å². The Morgan fingerprint density at radius 1 is 0.889 bits per heavy atom. The van der Waals surface area contributed by atoms with Crippen LogP contribution in [0.1, 0.15) is 56.6 Å². The van der Waals surface area contributed by atoms with E-state index >= 15 is 0 Å². The van der Waals surface area contributed by atoms with Gasteiger partial charge in [0.2, 0.25) is 0 Å². The number of alkyl halides is 2. The average molecular weight is 376 g/mol. The molecular formula is C23H27F3O. The van der Waals surface area contributed by atoms with E-state index in [-0.39, 0.29) is 11.3 Å². The second-order valence-electron chi connectivity index (χ2n) is 7.60. The molecule has 0 heterocycles. The molecule has 0 radical (unpaired) electrons. The number of hydrogen-bond acceptors (Lipinski definition) is 1. The van der Waals surface area contributed by atoms with Gasteiger partial charge in [0.25, 0.3) is 0 Å². The maximum atomic E-state index is 14.3. The number of ether oxygens (including phenoxy) is 1. The van der Waals surface area contributed by atoms with Crippen LogP contribution in [-0.2, 0) is 12.5 Å². The van der Waals surface area contributed by atoms with Gasteiger partial charge in [-0.15, -0.1) is 0 Å². The first-order valence-electron chi connectivity index (χ1n) is 9.88. The minimum Gasteiger partial charge on any atom is -0.429 e. The smallest absolute Gasteiger partial charge is 0.426 e.